The Bertz CT molecular complexity index is 1040. The Labute approximate surface area is 175 Å². The SMILES string of the molecule is O=C(c1cnc2c(c1)ncn2CCc1ccccc1)N1CCO[C@H]2C[C@H](CO)C[C@@H]21. The van der Waals surface area contributed by atoms with E-state index in [9.17, 15) is 9.90 Å². The van der Waals surface area contributed by atoms with Crippen LogP contribution in [0.4, 0.5) is 0 Å². The van der Waals surface area contributed by atoms with Crippen LogP contribution < -0.4 is 0 Å². The highest BCUT2D eigenvalue weighted by molar-refractivity contribution is 5.96. The van der Waals surface area contributed by atoms with Crippen molar-refractivity contribution in [1.29, 1.82) is 0 Å². The minimum Gasteiger partial charge on any atom is -0.396 e. The van der Waals surface area contributed by atoms with Gasteiger partial charge in [0.1, 0.15) is 5.52 Å². The fraction of sp³-hybridized carbons (Fsp3) is 0.435. The fourth-order valence-electron chi connectivity index (χ4n) is 4.74. The molecule has 7 nitrogen and oxygen atoms in total. The van der Waals surface area contributed by atoms with Crippen molar-refractivity contribution in [3.63, 3.8) is 0 Å². The molecular formula is C23H26N4O3. The van der Waals surface area contributed by atoms with Crippen LogP contribution in [0.25, 0.3) is 11.2 Å². The van der Waals surface area contributed by atoms with E-state index in [-0.39, 0.29) is 30.6 Å². The summed E-state index contributed by atoms with van der Waals surface area (Å²) >= 11 is 0. The van der Waals surface area contributed by atoms with Gasteiger partial charge < -0.3 is 19.3 Å². The van der Waals surface area contributed by atoms with Crippen molar-refractivity contribution in [2.75, 3.05) is 19.8 Å². The summed E-state index contributed by atoms with van der Waals surface area (Å²) in [4.78, 5) is 24.2. The maximum atomic E-state index is 13.2. The van der Waals surface area contributed by atoms with E-state index in [1.807, 2.05) is 33.7 Å². The number of aliphatic hydroxyl groups excluding tert-OH is 1. The summed E-state index contributed by atoms with van der Waals surface area (Å²) in [6.07, 6.45) is 5.98. The molecule has 3 atom stereocenters. The zero-order valence-electron chi connectivity index (χ0n) is 16.9. The number of morpholine rings is 1. The molecule has 1 saturated carbocycles. The lowest BCUT2D eigenvalue weighted by atomic mass is 10.1. The van der Waals surface area contributed by atoms with Crippen LogP contribution in [0.1, 0.15) is 28.8 Å². The average Bonchev–Trinajstić information content (AvgIpc) is 3.41. The lowest BCUT2D eigenvalue weighted by Crippen LogP contribution is -2.51. The van der Waals surface area contributed by atoms with Crippen molar-refractivity contribution < 1.29 is 14.6 Å². The molecule has 1 saturated heterocycles. The van der Waals surface area contributed by atoms with Gasteiger partial charge in [0.2, 0.25) is 0 Å². The second kappa shape index (κ2) is 8.16. The molecule has 2 aromatic heterocycles. The number of aromatic nitrogens is 3. The smallest absolute Gasteiger partial charge is 0.255 e. The number of hydrogen-bond donors (Lipinski definition) is 1. The molecule has 2 fully saturated rings. The summed E-state index contributed by atoms with van der Waals surface area (Å²) in [5.74, 6) is 0.175. The van der Waals surface area contributed by atoms with Crippen LogP contribution in [0.5, 0.6) is 0 Å². The van der Waals surface area contributed by atoms with Gasteiger partial charge in [-0.25, -0.2) is 9.97 Å². The number of ether oxygens (including phenoxy) is 1. The predicted octanol–water partition coefficient (Wildman–Crippen LogP) is 2.29. The first-order chi connectivity index (χ1) is 14.7. The van der Waals surface area contributed by atoms with E-state index in [0.717, 1.165) is 37.0 Å². The molecule has 0 bridgehead atoms. The number of carbonyl (C=O) groups is 1. The number of pyridine rings is 1. The van der Waals surface area contributed by atoms with Crippen molar-refractivity contribution in [3.05, 3.63) is 60.0 Å². The van der Waals surface area contributed by atoms with Crippen LogP contribution >= 0.6 is 0 Å². The van der Waals surface area contributed by atoms with E-state index >= 15 is 0 Å². The highest BCUT2D eigenvalue weighted by atomic mass is 16.5. The third kappa shape index (κ3) is 3.59. The maximum Gasteiger partial charge on any atom is 0.255 e. The molecular weight excluding hydrogens is 380 g/mol. The van der Waals surface area contributed by atoms with Gasteiger partial charge in [-0.05, 0) is 36.8 Å². The Morgan fingerprint density at radius 2 is 2.07 bits per heavy atom. The number of nitrogens with zero attached hydrogens (tertiary/aromatic N) is 4. The Kier molecular flexibility index (Phi) is 5.23. The summed E-state index contributed by atoms with van der Waals surface area (Å²) in [5.41, 5.74) is 3.36. The molecule has 1 amide bonds. The molecule has 3 aromatic rings. The standard InChI is InChI=1S/C23H26N4O3/c28-14-17-10-20-21(11-17)30-9-8-27(20)23(29)18-12-19-22(24-13-18)26(15-25-19)7-6-16-4-2-1-3-5-16/h1-5,12-13,15,17,20-21,28H,6-11,14H2/t17-,20+,21+/m1/s1. The highest BCUT2D eigenvalue weighted by Crippen LogP contribution is 2.34. The molecule has 7 heteroatoms. The lowest BCUT2D eigenvalue weighted by molar-refractivity contribution is -0.0448. The van der Waals surface area contributed by atoms with Crippen LogP contribution in [-0.2, 0) is 17.7 Å². The molecule has 1 aliphatic heterocycles. The van der Waals surface area contributed by atoms with E-state index in [2.05, 4.69) is 22.1 Å². The number of carbonyl (C=O) groups excluding carboxylic acids is 1. The zero-order chi connectivity index (χ0) is 20.5. The quantitative estimate of drug-likeness (QED) is 0.703. The van der Waals surface area contributed by atoms with Gasteiger partial charge in [0.05, 0.1) is 30.6 Å². The molecule has 0 spiro atoms. The van der Waals surface area contributed by atoms with Crippen LogP contribution in [-0.4, -0.2) is 62.4 Å². The Hall–Kier alpha value is -2.77. The first kappa shape index (κ1) is 19.2. The van der Waals surface area contributed by atoms with Gasteiger partial charge >= 0.3 is 0 Å². The van der Waals surface area contributed by atoms with Crippen LogP contribution in [0.3, 0.4) is 0 Å². The molecule has 0 unspecified atom stereocenters. The second-order valence-corrected chi connectivity index (χ2v) is 8.24. The molecule has 5 rings (SSSR count). The molecule has 2 aliphatic rings. The van der Waals surface area contributed by atoms with Crippen molar-refractivity contribution in [3.8, 4) is 0 Å². The molecule has 1 N–H and O–H groups in total. The maximum absolute atomic E-state index is 13.2. The Morgan fingerprint density at radius 1 is 1.20 bits per heavy atom. The number of hydrogen-bond acceptors (Lipinski definition) is 5. The first-order valence-corrected chi connectivity index (χ1v) is 10.6. The number of amides is 1. The van der Waals surface area contributed by atoms with Crippen molar-refractivity contribution in [2.24, 2.45) is 5.92 Å². The number of benzene rings is 1. The minimum absolute atomic E-state index is 0.0220. The number of imidazole rings is 1. The predicted molar refractivity (Wildman–Crippen MR) is 112 cm³/mol. The summed E-state index contributed by atoms with van der Waals surface area (Å²) in [5, 5.41) is 9.51. The van der Waals surface area contributed by atoms with Gasteiger partial charge in [-0.1, -0.05) is 30.3 Å². The number of rotatable bonds is 5. The van der Waals surface area contributed by atoms with E-state index in [0.29, 0.717) is 18.7 Å². The minimum atomic E-state index is -0.0277. The van der Waals surface area contributed by atoms with Crippen molar-refractivity contribution in [2.45, 2.75) is 38.0 Å². The van der Waals surface area contributed by atoms with Gasteiger partial charge in [-0.2, -0.15) is 0 Å². The topological polar surface area (TPSA) is 80.5 Å². The van der Waals surface area contributed by atoms with Crippen LogP contribution in [0.15, 0.2) is 48.9 Å². The lowest BCUT2D eigenvalue weighted by Gasteiger charge is -2.37. The normalized spacial score (nSPS) is 23.6. The summed E-state index contributed by atoms with van der Waals surface area (Å²) in [6.45, 7) is 2.04. The van der Waals surface area contributed by atoms with E-state index < -0.39 is 0 Å². The number of aryl methyl sites for hydroxylation is 2. The number of fused-ring (bicyclic) bond motifs is 2. The van der Waals surface area contributed by atoms with Gasteiger partial charge in [0.25, 0.3) is 5.91 Å². The van der Waals surface area contributed by atoms with Crippen molar-refractivity contribution >= 4 is 17.1 Å². The summed E-state index contributed by atoms with van der Waals surface area (Å²) < 4.78 is 7.88. The highest BCUT2D eigenvalue weighted by Gasteiger charge is 2.42. The van der Waals surface area contributed by atoms with Gasteiger partial charge in [0, 0.05) is 25.9 Å². The molecule has 1 aliphatic carbocycles. The average molecular weight is 406 g/mol. The van der Waals surface area contributed by atoms with Crippen LogP contribution in [0.2, 0.25) is 0 Å². The van der Waals surface area contributed by atoms with Gasteiger partial charge in [0.15, 0.2) is 5.65 Å². The molecule has 0 radical (unpaired) electrons. The van der Waals surface area contributed by atoms with Crippen molar-refractivity contribution in [1.82, 2.24) is 19.4 Å². The second-order valence-electron chi connectivity index (χ2n) is 8.24. The Morgan fingerprint density at radius 3 is 2.90 bits per heavy atom. The summed E-state index contributed by atoms with van der Waals surface area (Å²) in [7, 11) is 0. The first-order valence-electron chi connectivity index (χ1n) is 10.6. The molecule has 30 heavy (non-hydrogen) atoms. The van der Waals surface area contributed by atoms with E-state index in [1.54, 1.807) is 12.5 Å². The van der Waals surface area contributed by atoms with Crippen LogP contribution in [0, 0.1) is 5.92 Å². The number of aliphatic hydroxyl groups is 1. The van der Waals surface area contributed by atoms with Gasteiger partial charge in [-0.3, -0.25) is 4.79 Å². The van der Waals surface area contributed by atoms with Gasteiger partial charge in [-0.15, -0.1) is 0 Å². The van der Waals surface area contributed by atoms with E-state index in [1.165, 1.54) is 5.56 Å². The molecule has 156 valence electrons. The fourth-order valence-corrected chi connectivity index (χ4v) is 4.74. The summed E-state index contributed by atoms with van der Waals surface area (Å²) in [6, 6.07) is 12.2. The van der Waals surface area contributed by atoms with E-state index in [4.69, 9.17) is 4.74 Å². The molecule has 1 aromatic carbocycles. The third-order valence-corrected chi connectivity index (χ3v) is 6.34. The molecule has 3 heterocycles. The monoisotopic (exact) mass is 406 g/mol. The zero-order valence-corrected chi connectivity index (χ0v) is 16.9. The Balaban J connectivity index is 1.33. The third-order valence-electron chi connectivity index (χ3n) is 6.34. The largest absolute Gasteiger partial charge is 0.396 e.